The van der Waals surface area contributed by atoms with Crippen LogP contribution in [0.4, 0.5) is 0 Å². The molecule has 4 aromatic rings. The lowest BCUT2D eigenvalue weighted by Gasteiger charge is -2.26. The van der Waals surface area contributed by atoms with Crippen molar-refractivity contribution in [3.63, 3.8) is 0 Å². The van der Waals surface area contributed by atoms with Gasteiger partial charge in [0.1, 0.15) is 5.65 Å². The van der Waals surface area contributed by atoms with E-state index in [2.05, 4.69) is 15.2 Å². The number of nitrogens with zero attached hydrogens (tertiary/aromatic N) is 5. The van der Waals surface area contributed by atoms with Crippen LogP contribution in [0, 0.1) is 0 Å². The number of aromatic nitrogens is 4. The van der Waals surface area contributed by atoms with Gasteiger partial charge in [-0.05, 0) is 30.3 Å². The third-order valence-electron chi connectivity index (χ3n) is 4.85. The average molecular weight is 458 g/mol. The van der Waals surface area contributed by atoms with Crippen LogP contribution in [-0.4, -0.2) is 58.6 Å². The normalized spacial score (nSPS) is 15.5. The first-order valence-corrected chi connectivity index (χ1v) is 12.1. The lowest BCUT2D eigenvalue weighted by atomic mass is 10.2. The number of rotatable bonds is 6. The van der Waals surface area contributed by atoms with Gasteiger partial charge in [0.25, 0.3) is 5.22 Å². The molecule has 0 aliphatic carbocycles. The van der Waals surface area contributed by atoms with E-state index < -0.39 is 10.0 Å². The molecule has 0 bridgehead atoms. The van der Waals surface area contributed by atoms with Gasteiger partial charge in [0.15, 0.2) is 0 Å². The van der Waals surface area contributed by atoms with E-state index in [1.54, 1.807) is 24.3 Å². The van der Waals surface area contributed by atoms with E-state index in [0.29, 0.717) is 42.8 Å². The van der Waals surface area contributed by atoms with Gasteiger partial charge in [-0.15, -0.1) is 10.2 Å². The number of hydrogen-bond donors (Lipinski definition) is 0. The molecule has 0 N–H and O–H groups in total. The van der Waals surface area contributed by atoms with Crippen molar-refractivity contribution in [2.24, 2.45) is 0 Å². The molecule has 31 heavy (non-hydrogen) atoms. The molecule has 11 heteroatoms. The molecule has 1 aromatic carbocycles. The Kier molecular flexibility index (Phi) is 5.48. The fourth-order valence-electron chi connectivity index (χ4n) is 3.30. The SMILES string of the molecule is O=S(=O)(c1cccc(-c2nnc(SCc3cn4ccccc4n3)o2)c1)N1CCOCC1. The van der Waals surface area contributed by atoms with Crippen LogP contribution >= 0.6 is 11.8 Å². The van der Waals surface area contributed by atoms with E-state index in [4.69, 9.17) is 9.15 Å². The number of thioether (sulfide) groups is 1. The minimum Gasteiger partial charge on any atom is -0.411 e. The van der Waals surface area contributed by atoms with Crippen LogP contribution in [0.2, 0.25) is 0 Å². The molecule has 1 aliphatic rings. The zero-order chi connectivity index (χ0) is 21.3. The topological polar surface area (TPSA) is 103 Å². The maximum absolute atomic E-state index is 12.9. The summed E-state index contributed by atoms with van der Waals surface area (Å²) in [6, 6.07) is 12.4. The van der Waals surface area contributed by atoms with Crippen molar-refractivity contribution in [1.82, 2.24) is 23.9 Å². The standard InChI is InChI=1S/C20H19N5O4S2/c26-31(27,25-8-10-28-11-9-25)17-5-3-4-15(12-17)19-22-23-20(29-19)30-14-16-13-24-7-2-1-6-18(24)21-16/h1-7,12-13H,8-11,14H2. The van der Waals surface area contributed by atoms with E-state index in [0.717, 1.165) is 11.3 Å². The Morgan fingerprint density at radius 2 is 1.94 bits per heavy atom. The largest absolute Gasteiger partial charge is 0.411 e. The molecule has 9 nitrogen and oxygen atoms in total. The van der Waals surface area contributed by atoms with Crippen molar-refractivity contribution in [2.75, 3.05) is 26.3 Å². The first-order chi connectivity index (χ1) is 15.1. The molecule has 1 aliphatic heterocycles. The average Bonchev–Trinajstić information content (AvgIpc) is 3.45. The van der Waals surface area contributed by atoms with Gasteiger partial charge >= 0.3 is 0 Å². The van der Waals surface area contributed by atoms with Crippen molar-refractivity contribution in [1.29, 1.82) is 0 Å². The minimum atomic E-state index is -3.60. The number of fused-ring (bicyclic) bond motifs is 1. The summed E-state index contributed by atoms with van der Waals surface area (Å²) in [6.07, 6.45) is 3.90. The summed E-state index contributed by atoms with van der Waals surface area (Å²) in [5.41, 5.74) is 2.33. The fourth-order valence-corrected chi connectivity index (χ4v) is 5.40. The lowest BCUT2D eigenvalue weighted by molar-refractivity contribution is 0.0730. The Labute approximate surface area is 183 Å². The third kappa shape index (κ3) is 4.22. The summed E-state index contributed by atoms with van der Waals surface area (Å²) in [5.74, 6) is 0.853. The predicted molar refractivity (Wildman–Crippen MR) is 114 cm³/mol. The van der Waals surface area contributed by atoms with E-state index in [1.165, 1.54) is 16.1 Å². The maximum Gasteiger partial charge on any atom is 0.277 e. The van der Waals surface area contributed by atoms with Gasteiger partial charge < -0.3 is 13.6 Å². The molecular weight excluding hydrogens is 438 g/mol. The van der Waals surface area contributed by atoms with Gasteiger partial charge in [-0.25, -0.2) is 13.4 Å². The highest BCUT2D eigenvalue weighted by molar-refractivity contribution is 7.98. The van der Waals surface area contributed by atoms with Crippen LogP contribution in [0.3, 0.4) is 0 Å². The zero-order valence-electron chi connectivity index (χ0n) is 16.4. The van der Waals surface area contributed by atoms with Crippen molar-refractivity contribution < 1.29 is 17.6 Å². The summed E-state index contributed by atoms with van der Waals surface area (Å²) in [5, 5.41) is 8.56. The number of sulfonamides is 1. The Balaban J connectivity index is 1.32. The van der Waals surface area contributed by atoms with Crippen LogP contribution in [0.15, 0.2) is 69.4 Å². The summed E-state index contributed by atoms with van der Waals surface area (Å²) < 4.78 is 40.2. The summed E-state index contributed by atoms with van der Waals surface area (Å²) in [6.45, 7) is 1.48. The molecule has 160 valence electrons. The Hall–Kier alpha value is -2.73. The molecule has 0 amide bonds. The van der Waals surface area contributed by atoms with E-state index in [1.807, 2.05) is 35.0 Å². The first-order valence-electron chi connectivity index (χ1n) is 9.67. The lowest BCUT2D eigenvalue weighted by Crippen LogP contribution is -2.40. The van der Waals surface area contributed by atoms with Crippen molar-refractivity contribution in [3.8, 4) is 11.5 Å². The number of pyridine rings is 1. The zero-order valence-corrected chi connectivity index (χ0v) is 18.1. The Morgan fingerprint density at radius 1 is 1.06 bits per heavy atom. The quantitative estimate of drug-likeness (QED) is 0.407. The molecule has 1 saturated heterocycles. The number of benzene rings is 1. The molecule has 4 heterocycles. The second-order valence-corrected chi connectivity index (χ2v) is 9.77. The van der Waals surface area contributed by atoms with E-state index >= 15 is 0 Å². The fraction of sp³-hybridized carbons (Fsp3) is 0.250. The highest BCUT2D eigenvalue weighted by atomic mass is 32.2. The first kappa shape index (κ1) is 20.2. The van der Waals surface area contributed by atoms with Crippen LogP contribution < -0.4 is 0 Å². The number of morpholine rings is 1. The smallest absolute Gasteiger partial charge is 0.277 e. The van der Waals surface area contributed by atoms with Gasteiger partial charge in [0.2, 0.25) is 15.9 Å². The minimum absolute atomic E-state index is 0.198. The molecule has 0 saturated carbocycles. The van der Waals surface area contributed by atoms with Gasteiger partial charge in [0, 0.05) is 36.8 Å². The molecule has 0 radical (unpaired) electrons. The molecule has 0 atom stereocenters. The molecular formula is C20H19N5O4S2. The van der Waals surface area contributed by atoms with E-state index in [-0.39, 0.29) is 10.8 Å². The van der Waals surface area contributed by atoms with Crippen molar-refractivity contribution in [2.45, 2.75) is 15.9 Å². The second kappa shape index (κ2) is 8.42. The van der Waals surface area contributed by atoms with Gasteiger partial charge in [-0.2, -0.15) is 4.31 Å². The van der Waals surface area contributed by atoms with E-state index in [9.17, 15) is 8.42 Å². The monoisotopic (exact) mass is 457 g/mol. The molecule has 3 aromatic heterocycles. The highest BCUT2D eigenvalue weighted by Gasteiger charge is 2.27. The second-order valence-electron chi connectivity index (χ2n) is 6.90. The Bertz CT molecular complexity index is 1280. The van der Waals surface area contributed by atoms with Crippen molar-refractivity contribution >= 4 is 27.4 Å². The van der Waals surface area contributed by atoms with Crippen LogP contribution in [0.5, 0.6) is 0 Å². The summed E-state index contributed by atoms with van der Waals surface area (Å²) >= 11 is 1.38. The molecule has 1 fully saturated rings. The van der Waals surface area contributed by atoms with Crippen LogP contribution in [0.1, 0.15) is 5.69 Å². The van der Waals surface area contributed by atoms with Crippen LogP contribution in [0.25, 0.3) is 17.1 Å². The molecule has 0 spiro atoms. The maximum atomic E-state index is 12.9. The predicted octanol–water partition coefficient (Wildman–Crippen LogP) is 2.70. The summed E-state index contributed by atoms with van der Waals surface area (Å²) in [7, 11) is -3.60. The van der Waals surface area contributed by atoms with Crippen LogP contribution in [-0.2, 0) is 20.5 Å². The van der Waals surface area contributed by atoms with Gasteiger partial charge in [-0.3, -0.25) is 0 Å². The summed E-state index contributed by atoms with van der Waals surface area (Å²) in [4.78, 5) is 4.75. The van der Waals surface area contributed by atoms with Crippen molar-refractivity contribution in [3.05, 3.63) is 60.6 Å². The third-order valence-corrected chi connectivity index (χ3v) is 7.60. The number of imidazole rings is 1. The number of hydrogen-bond acceptors (Lipinski definition) is 8. The molecule has 5 rings (SSSR count). The number of ether oxygens (including phenoxy) is 1. The Morgan fingerprint density at radius 3 is 2.77 bits per heavy atom. The van der Waals surface area contributed by atoms with Gasteiger partial charge in [-0.1, -0.05) is 23.9 Å². The van der Waals surface area contributed by atoms with Gasteiger partial charge in [0.05, 0.1) is 23.8 Å². The highest BCUT2D eigenvalue weighted by Crippen LogP contribution is 2.28. The molecule has 0 unspecified atom stereocenters.